The molecule has 2 saturated carbocycles. The Bertz CT molecular complexity index is 2120. The minimum absolute atomic E-state index is 0.259. The van der Waals surface area contributed by atoms with E-state index in [1.54, 1.807) is 14.2 Å². The number of carboxylic acid groups (broad SMARTS) is 1. The number of methoxy groups -OCH3 is 2. The zero-order chi connectivity index (χ0) is 38.3. The molecule has 9 nitrogen and oxygen atoms in total. The van der Waals surface area contributed by atoms with Crippen LogP contribution < -0.4 is 19.5 Å². The third kappa shape index (κ3) is 7.44. The molecule has 4 fully saturated rings. The van der Waals surface area contributed by atoms with E-state index in [-0.39, 0.29) is 6.10 Å². The van der Waals surface area contributed by atoms with Gasteiger partial charge in [0.1, 0.15) is 22.7 Å². The number of fused-ring (bicyclic) bond motifs is 4. The molecular formula is C44H47Cl2N3O6. The van der Waals surface area contributed by atoms with Crippen LogP contribution in [0.1, 0.15) is 79.7 Å². The largest absolute Gasteiger partial charge is 0.496 e. The molecule has 4 aromatic rings. The van der Waals surface area contributed by atoms with E-state index < -0.39 is 11.4 Å². The predicted molar refractivity (Wildman–Crippen MR) is 213 cm³/mol. The average Bonchev–Trinajstić information content (AvgIpc) is 3.81. The van der Waals surface area contributed by atoms with Crippen LogP contribution in [0.3, 0.4) is 0 Å². The molecule has 2 aliphatic heterocycles. The second-order valence-electron chi connectivity index (χ2n) is 15.7. The molecule has 1 aromatic heterocycles. The van der Waals surface area contributed by atoms with Gasteiger partial charge in [-0.3, -0.25) is 14.5 Å². The minimum Gasteiger partial charge on any atom is -0.496 e. The number of pyridine rings is 1. The molecule has 5 aliphatic rings. The maximum absolute atomic E-state index is 12.2. The van der Waals surface area contributed by atoms with Gasteiger partial charge < -0.3 is 24.6 Å². The van der Waals surface area contributed by atoms with E-state index in [0.717, 1.165) is 96.2 Å². The molecule has 3 heterocycles. The molecule has 3 aromatic carbocycles. The maximum Gasteiger partial charge on any atom is 0.310 e. The van der Waals surface area contributed by atoms with Crippen molar-refractivity contribution in [3.05, 3.63) is 93.0 Å². The Kier molecular flexibility index (Phi) is 10.8. The van der Waals surface area contributed by atoms with Gasteiger partial charge in [0.05, 0.1) is 24.7 Å². The first-order valence-corrected chi connectivity index (χ1v) is 20.1. The average molecular weight is 785 g/mol. The van der Waals surface area contributed by atoms with Gasteiger partial charge >= 0.3 is 5.97 Å². The first-order valence-electron chi connectivity index (χ1n) is 19.3. The number of hydrogen-bond acceptors (Lipinski definition) is 8. The van der Waals surface area contributed by atoms with Crippen LogP contribution in [0.25, 0.3) is 22.3 Å². The summed E-state index contributed by atoms with van der Waals surface area (Å²) in [7, 11) is 3.27. The van der Waals surface area contributed by atoms with E-state index in [9.17, 15) is 14.7 Å². The van der Waals surface area contributed by atoms with E-state index >= 15 is 0 Å². The normalized spacial score (nSPS) is 23.2. The van der Waals surface area contributed by atoms with Crippen molar-refractivity contribution in [2.24, 2.45) is 11.3 Å². The summed E-state index contributed by atoms with van der Waals surface area (Å²) in [6, 6.07) is 20.8. The lowest BCUT2D eigenvalue weighted by atomic mass is 9.67. The van der Waals surface area contributed by atoms with Crippen LogP contribution in [0, 0.1) is 11.3 Å². The van der Waals surface area contributed by atoms with Gasteiger partial charge in [-0.15, -0.1) is 0 Å². The summed E-state index contributed by atoms with van der Waals surface area (Å²) in [5.41, 5.74) is 7.35. The summed E-state index contributed by atoms with van der Waals surface area (Å²) in [4.78, 5) is 30.8. The summed E-state index contributed by atoms with van der Waals surface area (Å²) in [5, 5.41) is 14.6. The Morgan fingerprint density at radius 2 is 1.71 bits per heavy atom. The first-order chi connectivity index (χ1) is 26.7. The van der Waals surface area contributed by atoms with Crippen molar-refractivity contribution in [1.29, 1.82) is 0 Å². The number of ketones is 1. The number of Topliss-reactive ketones (excluding diaryl/α,β-unsaturated/α-hetero) is 1. The lowest BCUT2D eigenvalue weighted by Gasteiger charge is -2.50. The van der Waals surface area contributed by atoms with E-state index in [1.165, 1.54) is 5.56 Å². The zero-order valence-corrected chi connectivity index (χ0v) is 32.8. The van der Waals surface area contributed by atoms with Crippen molar-refractivity contribution < 1.29 is 28.9 Å². The standard InChI is InChI=1S/C44H47Cl2N3O6/c1-53-39-21-27(10-11-28(39)23-47-22-26-9-12-31(50)19-26)32-5-3-8-36(40(32)46)33-6-4-7-35-34(33)13-14-38(35)55-42-37(45)20-29(41(48-42)54-2)24-49-25-44(43(51)52)17-15-30(49)16-18-44/h3-8,10-11,20-21,26,30,38,47H,9,12-19,22-25H2,1-2H3,(H,51,52)/t26-,30?,38+,44?/m1/s1. The van der Waals surface area contributed by atoms with Gasteiger partial charge in [0, 0.05) is 60.8 Å². The predicted octanol–water partition coefficient (Wildman–Crippen LogP) is 9.09. The van der Waals surface area contributed by atoms with Crippen molar-refractivity contribution in [3.63, 3.8) is 0 Å². The van der Waals surface area contributed by atoms with Gasteiger partial charge in [-0.2, -0.15) is 4.98 Å². The van der Waals surface area contributed by atoms with E-state index in [2.05, 4.69) is 40.5 Å². The van der Waals surface area contributed by atoms with E-state index in [4.69, 9.17) is 42.4 Å². The summed E-state index contributed by atoms with van der Waals surface area (Å²) in [6.07, 6.45) is 6.83. The Morgan fingerprint density at radius 3 is 2.45 bits per heavy atom. The van der Waals surface area contributed by atoms with E-state index in [0.29, 0.717) is 72.0 Å². The topological polar surface area (TPSA) is 110 Å². The molecule has 2 saturated heterocycles. The van der Waals surface area contributed by atoms with Gasteiger partial charge in [-0.05, 0) is 91.8 Å². The molecule has 0 radical (unpaired) electrons. The molecule has 3 aliphatic carbocycles. The number of nitrogens with zero attached hydrogens (tertiary/aromatic N) is 2. The van der Waals surface area contributed by atoms with Gasteiger partial charge in [-0.25, -0.2) is 0 Å². The molecule has 288 valence electrons. The SMILES string of the molecule is COc1cc(-c2cccc(-c3cccc4c3CC[C@@H]4Oc3nc(OC)c(CN4CC5(C(=O)O)CCC4CC5)cc3Cl)c2Cl)ccc1CNC[C@@H]1CCC(=O)C1. The lowest BCUT2D eigenvalue weighted by Crippen LogP contribution is -2.56. The van der Waals surface area contributed by atoms with Crippen LogP contribution in [0.2, 0.25) is 10.0 Å². The highest BCUT2D eigenvalue weighted by atomic mass is 35.5. The number of nitrogens with one attached hydrogen (secondary N) is 1. The van der Waals surface area contributed by atoms with Crippen LogP contribution in [-0.4, -0.2) is 60.1 Å². The molecular weight excluding hydrogens is 737 g/mol. The third-order valence-corrected chi connectivity index (χ3v) is 13.1. The number of aromatic nitrogens is 1. The van der Waals surface area contributed by atoms with Gasteiger partial charge in [-0.1, -0.05) is 71.7 Å². The third-order valence-electron chi connectivity index (χ3n) is 12.4. The monoisotopic (exact) mass is 783 g/mol. The number of aliphatic carboxylic acids is 1. The summed E-state index contributed by atoms with van der Waals surface area (Å²) < 4.78 is 18.1. The number of rotatable bonds is 13. The molecule has 0 unspecified atom stereocenters. The molecule has 11 heteroatoms. The maximum atomic E-state index is 12.2. The second kappa shape index (κ2) is 15.8. The number of carboxylic acids is 1. The van der Waals surface area contributed by atoms with Crippen molar-refractivity contribution in [1.82, 2.24) is 15.2 Å². The van der Waals surface area contributed by atoms with Gasteiger partial charge in [0.2, 0.25) is 11.8 Å². The van der Waals surface area contributed by atoms with E-state index in [1.807, 2.05) is 30.3 Å². The Balaban J connectivity index is 0.994. The number of hydrogen-bond donors (Lipinski definition) is 2. The number of carbonyl (C=O) groups is 2. The highest BCUT2D eigenvalue weighted by Gasteiger charge is 2.49. The fourth-order valence-electron chi connectivity index (χ4n) is 9.37. The highest BCUT2D eigenvalue weighted by Crippen LogP contribution is 2.47. The smallest absolute Gasteiger partial charge is 0.310 e. The van der Waals surface area contributed by atoms with Crippen molar-refractivity contribution in [3.8, 4) is 39.8 Å². The molecule has 2 N–H and O–H groups in total. The van der Waals surface area contributed by atoms with Gasteiger partial charge in [0.15, 0.2) is 0 Å². The zero-order valence-electron chi connectivity index (χ0n) is 31.3. The van der Waals surface area contributed by atoms with Crippen molar-refractivity contribution in [2.75, 3.05) is 27.3 Å². The number of piperidine rings is 2. The molecule has 55 heavy (non-hydrogen) atoms. The fraction of sp³-hybridized carbons (Fsp3) is 0.432. The van der Waals surface area contributed by atoms with Gasteiger partial charge in [0.25, 0.3) is 0 Å². The number of halogens is 2. The number of benzene rings is 3. The number of ether oxygens (including phenoxy) is 3. The molecule has 2 bridgehead atoms. The molecule has 0 spiro atoms. The van der Waals surface area contributed by atoms with Crippen LogP contribution in [-0.2, 0) is 29.1 Å². The van der Waals surface area contributed by atoms with Crippen LogP contribution >= 0.6 is 23.2 Å². The molecule has 0 amide bonds. The van der Waals surface area contributed by atoms with Crippen LogP contribution in [0.4, 0.5) is 0 Å². The van der Waals surface area contributed by atoms with Crippen LogP contribution in [0.15, 0.2) is 60.7 Å². The number of carbonyl (C=O) groups excluding carboxylic acids is 1. The summed E-state index contributed by atoms with van der Waals surface area (Å²) in [5.74, 6) is 1.60. The highest BCUT2D eigenvalue weighted by molar-refractivity contribution is 6.36. The summed E-state index contributed by atoms with van der Waals surface area (Å²) in [6.45, 7) is 2.51. The minimum atomic E-state index is -0.705. The molecule has 9 rings (SSSR count). The van der Waals surface area contributed by atoms with Crippen molar-refractivity contribution in [2.45, 2.75) is 83.0 Å². The summed E-state index contributed by atoms with van der Waals surface area (Å²) >= 11 is 14.1. The van der Waals surface area contributed by atoms with Crippen LogP contribution in [0.5, 0.6) is 17.5 Å². The quantitative estimate of drug-likeness (QED) is 0.137. The second-order valence-corrected chi connectivity index (χ2v) is 16.4. The first kappa shape index (κ1) is 37.8. The fourth-order valence-corrected chi connectivity index (χ4v) is 9.93. The Morgan fingerprint density at radius 1 is 0.927 bits per heavy atom. The Labute approximate surface area is 332 Å². The van der Waals surface area contributed by atoms with Crippen molar-refractivity contribution >= 4 is 35.0 Å². The Hall–Kier alpha value is -4.15. The lowest BCUT2D eigenvalue weighted by molar-refractivity contribution is -0.160. The molecule has 2 atom stereocenters.